The minimum Gasteiger partial charge on any atom is -0.371 e. The van der Waals surface area contributed by atoms with E-state index in [1.165, 1.54) is 6.07 Å². The van der Waals surface area contributed by atoms with Crippen LogP contribution in [0.4, 0.5) is 8.78 Å². The molecule has 1 aromatic rings. The maximum Gasteiger partial charge on any atom is 0.239 e. The summed E-state index contributed by atoms with van der Waals surface area (Å²) >= 11 is 0. The van der Waals surface area contributed by atoms with Crippen LogP contribution in [0.2, 0.25) is 0 Å². The average Bonchev–Trinajstić information content (AvgIpc) is 3.10. The van der Waals surface area contributed by atoms with Crippen molar-refractivity contribution in [3.63, 3.8) is 0 Å². The third-order valence-corrected chi connectivity index (χ3v) is 4.74. The van der Waals surface area contributed by atoms with Gasteiger partial charge in [0, 0.05) is 26.2 Å². The summed E-state index contributed by atoms with van der Waals surface area (Å²) in [5, 5.41) is 0. The fourth-order valence-corrected chi connectivity index (χ4v) is 3.29. The molecule has 4 nitrogen and oxygen atoms in total. The van der Waals surface area contributed by atoms with Gasteiger partial charge in [-0.2, -0.15) is 0 Å². The van der Waals surface area contributed by atoms with Crippen molar-refractivity contribution in [3.8, 4) is 0 Å². The lowest BCUT2D eigenvalue weighted by atomic mass is 10.1. The minimum atomic E-state index is -0.871. The maximum atomic E-state index is 13.4. The number of ether oxygens (including phenoxy) is 1. The zero-order chi connectivity index (χ0) is 16.4. The molecule has 2 aliphatic rings. The molecular formula is C17H22F2N2O2. The number of hydrogen-bond acceptors (Lipinski definition) is 3. The summed E-state index contributed by atoms with van der Waals surface area (Å²) in [6.45, 7) is 5.22. The Hall–Kier alpha value is -1.53. The van der Waals surface area contributed by atoms with Gasteiger partial charge in [0.1, 0.15) is 0 Å². The van der Waals surface area contributed by atoms with E-state index in [-0.39, 0.29) is 18.1 Å². The first kappa shape index (κ1) is 16.3. The van der Waals surface area contributed by atoms with Crippen LogP contribution in [0.15, 0.2) is 18.2 Å². The number of rotatable bonds is 3. The fraction of sp³-hybridized carbons (Fsp3) is 0.588. The first-order valence-corrected chi connectivity index (χ1v) is 8.15. The molecule has 2 saturated heterocycles. The van der Waals surface area contributed by atoms with Crippen LogP contribution in [0, 0.1) is 11.6 Å². The van der Waals surface area contributed by atoms with Crippen molar-refractivity contribution in [1.29, 1.82) is 0 Å². The van der Waals surface area contributed by atoms with Gasteiger partial charge in [-0.05, 0) is 37.5 Å². The van der Waals surface area contributed by atoms with Crippen LogP contribution in [0.5, 0.6) is 0 Å². The van der Waals surface area contributed by atoms with Crippen molar-refractivity contribution >= 4 is 5.91 Å². The molecule has 0 bridgehead atoms. The Morgan fingerprint density at radius 3 is 2.65 bits per heavy atom. The quantitative estimate of drug-likeness (QED) is 0.856. The second-order valence-corrected chi connectivity index (χ2v) is 6.24. The van der Waals surface area contributed by atoms with E-state index in [4.69, 9.17) is 4.74 Å². The Labute approximate surface area is 135 Å². The highest BCUT2D eigenvalue weighted by Gasteiger charge is 2.32. The van der Waals surface area contributed by atoms with Crippen molar-refractivity contribution in [3.05, 3.63) is 35.4 Å². The highest BCUT2D eigenvalue weighted by atomic mass is 19.2. The van der Waals surface area contributed by atoms with Crippen LogP contribution in [-0.2, 0) is 9.53 Å². The molecule has 0 unspecified atom stereocenters. The maximum absolute atomic E-state index is 13.4. The summed E-state index contributed by atoms with van der Waals surface area (Å²) in [6.07, 6.45) is 1.80. The largest absolute Gasteiger partial charge is 0.371 e. The van der Waals surface area contributed by atoms with E-state index >= 15 is 0 Å². The average molecular weight is 324 g/mol. The van der Waals surface area contributed by atoms with Gasteiger partial charge in [0.05, 0.1) is 18.8 Å². The van der Waals surface area contributed by atoms with E-state index in [1.807, 2.05) is 11.8 Å². The molecule has 3 rings (SSSR count). The van der Waals surface area contributed by atoms with E-state index in [0.717, 1.165) is 32.0 Å². The molecule has 126 valence electrons. The molecule has 1 aromatic carbocycles. The molecule has 0 saturated carbocycles. The van der Waals surface area contributed by atoms with Gasteiger partial charge in [-0.1, -0.05) is 6.07 Å². The standard InChI is InChI=1S/C17H22F2N2O2/c1-12(17(22)20-6-2-3-7-20)21-8-9-23-16(11-21)13-4-5-14(18)15(19)10-13/h4-5,10,12,16H,2-3,6-9,11H2,1H3/t12-,16+/m0/s1. The Morgan fingerprint density at radius 2 is 1.96 bits per heavy atom. The van der Waals surface area contributed by atoms with Crippen LogP contribution in [-0.4, -0.2) is 54.5 Å². The number of carbonyl (C=O) groups excluding carboxylic acids is 1. The van der Waals surface area contributed by atoms with E-state index < -0.39 is 11.6 Å². The molecule has 0 N–H and O–H groups in total. The van der Waals surface area contributed by atoms with E-state index in [9.17, 15) is 13.6 Å². The van der Waals surface area contributed by atoms with Crippen LogP contribution >= 0.6 is 0 Å². The van der Waals surface area contributed by atoms with Crippen LogP contribution in [0.25, 0.3) is 0 Å². The van der Waals surface area contributed by atoms with Gasteiger partial charge >= 0.3 is 0 Å². The van der Waals surface area contributed by atoms with E-state index in [2.05, 4.69) is 4.90 Å². The van der Waals surface area contributed by atoms with Crippen molar-refractivity contribution in [2.45, 2.75) is 31.9 Å². The zero-order valence-electron chi connectivity index (χ0n) is 13.3. The highest BCUT2D eigenvalue weighted by Crippen LogP contribution is 2.25. The number of carbonyl (C=O) groups is 1. The second kappa shape index (κ2) is 6.93. The predicted octanol–water partition coefficient (Wildman–Crippen LogP) is 2.35. The summed E-state index contributed by atoms with van der Waals surface area (Å²) < 4.78 is 32.2. The molecular weight excluding hydrogens is 302 g/mol. The van der Waals surface area contributed by atoms with Crippen molar-refractivity contribution in [2.24, 2.45) is 0 Å². The molecule has 1 amide bonds. The highest BCUT2D eigenvalue weighted by molar-refractivity contribution is 5.81. The van der Waals surface area contributed by atoms with Gasteiger partial charge in [0.2, 0.25) is 5.91 Å². The van der Waals surface area contributed by atoms with Gasteiger partial charge in [0.15, 0.2) is 11.6 Å². The second-order valence-electron chi connectivity index (χ2n) is 6.24. The zero-order valence-corrected chi connectivity index (χ0v) is 13.3. The summed E-state index contributed by atoms with van der Waals surface area (Å²) in [5.74, 6) is -1.59. The van der Waals surface area contributed by atoms with Crippen LogP contribution in [0.3, 0.4) is 0 Å². The Bertz CT molecular complexity index is 576. The first-order valence-electron chi connectivity index (χ1n) is 8.15. The van der Waals surface area contributed by atoms with Gasteiger partial charge in [-0.15, -0.1) is 0 Å². The van der Waals surface area contributed by atoms with Crippen molar-refractivity contribution < 1.29 is 18.3 Å². The van der Waals surface area contributed by atoms with Crippen molar-refractivity contribution in [2.75, 3.05) is 32.8 Å². The smallest absolute Gasteiger partial charge is 0.239 e. The number of nitrogens with zero attached hydrogens (tertiary/aromatic N) is 2. The van der Waals surface area contributed by atoms with Crippen molar-refractivity contribution in [1.82, 2.24) is 9.80 Å². The van der Waals surface area contributed by atoms with Gasteiger partial charge in [-0.3, -0.25) is 9.69 Å². The number of halogens is 2. The molecule has 2 heterocycles. The molecule has 0 spiro atoms. The lowest BCUT2D eigenvalue weighted by molar-refractivity contribution is -0.138. The molecule has 0 aromatic heterocycles. The monoisotopic (exact) mass is 324 g/mol. The van der Waals surface area contributed by atoms with Gasteiger partial charge in [-0.25, -0.2) is 8.78 Å². The Morgan fingerprint density at radius 1 is 1.22 bits per heavy atom. The van der Waals surface area contributed by atoms with Gasteiger partial charge < -0.3 is 9.64 Å². The fourth-order valence-electron chi connectivity index (χ4n) is 3.29. The van der Waals surface area contributed by atoms with Crippen LogP contribution < -0.4 is 0 Å². The third-order valence-electron chi connectivity index (χ3n) is 4.74. The first-order chi connectivity index (χ1) is 11.1. The van der Waals surface area contributed by atoms with E-state index in [1.54, 1.807) is 6.07 Å². The SMILES string of the molecule is C[C@@H](C(=O)N1CCCC1)N1CCO[C@@H](c2ccc(F)c(F)c2)C1. The number of morpholine rings is 1. The topological polar surface area (TPSA) is 32.8 Å². The summed E-state index contributed by atoms with van der Waals surface area (Å²) in [6, 6.07) is 3.62. The lowest BCUT2D eigenvalue weighted by Crippen LogP contribution is -2.50. The molecule has 23 heavy (non-hydrogen) atoms. The van der Waals surface area contributed by atoms with E-state index in [0.29, 0.717) is 25.3 Å². The minimum absolute atomic E-state index is 0.147. The molecule has 0 aliphatic carbocycles. The Balaban J connectivity index is 1.67. The van der Waals surface area contributed by atoms with Gasteiger partial charge in [0.25, 0.3) is 0 Å². The summed E-state index contributed by atoms with van der Waals surface area (Å²) in [5.41, 5.74) is 0.606. The summed E-state index contributed by atoms with van der Waals surface area (Å²) in [7, 11) is 0. The molecule has 0 radical (unpaired) electrons. The Kier molecular flexibility index (Phi) is 4.92. The molecule has 2 aliphatic heterocycles. The molecule has 6 heteroatoms. The number of benzene rings is 1. The normalized spacial score (nSPS) is 24.0. The third kappa shape index (κ3) is 3.53. The molecule has 2 atom stereocenters. The lowest BCUT2D eigenvalue weighted by Gasteiger charge is -2.37. The number of amides is 1. The number of likely N-dealkylation sites (tertiary alicyclic amines) is 1. The van der Waals surface area contributed by atoms with Crippen LogP contribution in [0.1, 0.15) is 31.4 Å². The number of hydrogen-bond donors (Lipinski definition) is 0. The predicted molar refractivity (Wildman–Crippen MR) is 81.9 cm³/mol. The summed E-state index contributed by atoms with van der Waals surface area (Å²) in [4.78, 5) is 16.5. The molecule has 2 fully saturated rings.